The van der Waals surface area contributed by atoms with Crippen molar-refractivity contribution in [2.45, 2.75) is 19.6 Å². The molecule has 0 amide bonds. The van der Waals surface area contributed by atoms with Crippen molar-refractivity contribution in [1.29, 1.82) is 0 Å². The highest BCUT2D eigenvalue weighted by atomic mass is 32.2. The number of phenols is 2. The fourth-order valence-corrected chi connectivity index (χ4v) is 6.44. The number of rotatable bonds is 6. The van der Waals surface area contributed by atoms with E-state index in [4.69, 9.17) is 5.73 Å². The van der Waals surface area contributed by atoms with Gasteiger partial charge in [0.25, 0.3) is 40.5 Å². The lowest BCUT2D eigenvalue weighted by Gasteiger charge is -2.13. The third-order valence-corrected chi connectivity index (χ3v) is 9.04. The zero-order valence-electron chi connectivity index (χ0n) is 19.6. The third kappa shape index (κ3) is 5.64. The molecule has 0 aromatic heterocycles. The number of nitrogens with zero attached hydrogens (tertiary/aromatic N) is 2. The molecule has 4 aromatic carbocycles. The standard InChI is InChI=1S/C20H15N3O14S4/c21-9-5-12-14(39(29,30)31)7-13(19(24)17(12)15(6-9)40(32,33)34)22-23-18-11-2-1-10(38(26,27)28)3-8(11)4-16(20(18)25)41(35,36)37/h1-7,24-25H,21H2,(H,26,27,28)(H,29,30,31)(H,32,33,34)(H,35,36,37). The molecule has 0 unspecified atom stereocenters. The van der Waals surface area contributed by atoms with Crippen LogP contribution in [0.1, 0.15) is 0 Å². The van der Waals surface area contributed by atoms with Crippen LogP contribution in [0.3, 0.4) is 0 Å². The Morgan fingerprint density at radius 3 is 1.71 bits per heavy atom. The molecule has 0 spiro atoms. The van der Waals surface area contributed by atoms with Crippen molar-refractivity contribution < 1.29 is 62.1 Å². The van der Waals surface area contributed by atoms with Crippen LogP contribution in [0, 0.1) is 0 Å². The van der Waals surface area contributed by atoms with E-state index in [0.717, 1.165) is 24.3 Å². The maximum absolute atomic E-state index is 12.1. The molecule has 0 fully saturated rings. The molecular weight excluding hydrogens is 634 g/mol. The van der Waals surface area contributed by atoms with E-state index in [9.17, 15) is 62.1 Å². The molecule has 0 saturated carbocycles. The van der Waals surface area contributed by atoms with Crippen LogP contribution in [0.25, 0.3) is 21.5 Å². The lowest BCUT2D eigenvalue weighted by molar-refractivity contribution is 0.444. The van der Waals surface area contributed by atoms with E-state index in [-0.39, 0.29) is 10.8 Å². The Morgan fingerprint density at radius 2 is 1.17 bits per heavy atom. The normalized spacial score (nSPS) is 13.4. The average Bonchev–Trinajstić information content (AvgIpc) is 2.80. The van der Waals surface area contributed by atoms with Gasteiger partial charge in [-0.05, 0) is 41.8 Å². The molecule has 0 heterocycles. The minimum Gasteiger partial charge on any atom is -0.505 e. The predicted molar refractivity (Wildman–Crippen MR) is 139 cm³/mol. The molecule has 0 aliphatic carbocycles. The Morgan fingerprint density at radius 1 is 0.585 bits per heavy atom. The summed E-state index contributed by atoms with van der Waals surface area (Å²) in [4.78, 5) is -4.07. The SMILES string of the molecule is Nc1cc(S(=O)(=O)O)c2c(O)c(N=Nc3c(O)c(S(=O)(=O)O)cc4cc(S(=O)(=O)O)ccc34)cc(S(=O)(=O)O)c2c1. The van der Waals surface area contributed by atoms with Gasteiger partial charge in [-0.3, -0.25) is 18.2 Å². The first-order valence-electron chi connectivity index (χ1n) is 10.3. The van der Waals surface area contributed by atoms with Gasteiger partial charge in [0.1, 0.15) is 26.1 Å². The zero-order valence-corrected chi connectivity index (χ0v) is 22.9. The summed E-state index contributed by atoms with van der Waals surface area (Å²) in [7, 11) is -20.4. The summed E-state index contributed by atoms with van der Waals surface area (Å²) < 4.78 is 133. The topological polar surface area (TPSA) is 309 Å². The van der Waals surface area contributed by atoms with Crippen LogP contribution in [0.5, 0.6) is 11.5 Å². The van der Waals surface area contributed by atoms with Crippen LogP contribution in [-0.4, -0.2) is 62.1 Å². The average molecular weight is 650 g/mol. The van der Waals surface area contributed by atoms with E-state index in [1.165, 1.54) is 0 Å². The van der Waals surface area contributed by atoms with E-state index in [1.54, 1.807) is 0 Å². The molecule has 4 aromatic rings. The molecule has 0 atom stereocenters. The Hall–Kier alpha value is -3.96. The van der Waals surface area contributed by atoms with Crippen molar-refractivity contribution in [2.24, 2.45) is 10.2 Å². The number of azo groups is 1. The Kier molecular flexibility index (Phi) is 7.00. The van der Waals surface area contributed by atoms with Crippen molar-refractivity contribution in [2.75, 3.05) is 5.73 Å². The van der Waals surface area contributed by atoms with Crippen molar-refractivity contribution in [3.05, 3.63) is 42.5 Å². The first-order chi connectivity index (χ1) is 18.6. The van der Waals surface area contributed by atoms with Gasteiger partial charge in [0.2, 0.25) is 0 Å². The zero-order chi connectivity index (χ0) is 30.9. The number of phenolic OH excluding ortho intramolecular Hbond substituents is 2. The van der Waals surface area contributed by atoms with Crippen LogP contribution in [0.15, 0.2) is 72.3 Å². The Bertz CT molecular complexity index is 2280. The van der Waals surface area contributed by atoms with Crippen molar-refractivity contribution in [3.63, 3.8) is 0 Å². The van der Waals surface area contributed by atoms with Gasteiger partial charge in [0.05, 0.1) is 4.90 Å². The Labute approximate surface area is 230 Å². The lowest BCUT2D eigenvalue weighted by Crippen LogP contribution is -2.05. The molecule has 0 aliphatic rings. The van der Waals surface area contributed by atoms with Crippen molar-refractivity contribution >= 4 is 79.1 Å². The quantitative estimate of drug-likeness (QED) is 0.0895. The molecule has 21 heteroatoms. The smallest absolute Gasteiger partial charge is 0.298 e. The molecule has 0 bridgehead atoms. The lowest BCUT2D eigenvalue weighted by atomic mass is 10.1. The van der Waals surface area contributed by atoms with Crippen LogP contribution in [0.4, 0.5) is 17.1 Å². The molecule has 0 aliphatic heterocycles. The summed E-state index contributed by atoms with van der Waals surface area (Å²) in [6, 6.07) is 5.19. The van der Waals surface area contributed by atoms with Gasteiger partial charge < -0.3 is 15.9 Å². The van der Waals surface area contributed by atoms with Crippen LogP contribution >= 0.6 is 0 Å². The minimum atomic E-state index is -5.21. The number of fused-ring (bicyclic) bond motifs is 2. The molecule has 0 saturated heterocycles. The van der Waals surface area contributed by atoms with Gasteiger partial charge in [-0.15, -0.1) is 10.2 Å². The second-order valence-corrected chi connectivity index (χ2v) is 13.8. The Balaban J connectivity index is 2.12. The van der Waals surface area contributed by atoms with E-state index in [1.807, 2.05) is 0 Å². The van der Waals surface area contributed by atoms with Gasteiger partial charge in [-0.1, -0.05) is 6.07 Å². The van der Waals surface area contributed by atoms with Crippen molar-refractivity contribution in [3.8, 4) is 11.5 Å². The number of aromatic hydroxyl groups is 2. The van der Waals surface area contributed by atoms with Crippen LogP contribution in [0.2, 0.25) is 0 Å². The maximum Gasteiger partial charge on any atom is 0.298 e. The maximum atomic E-state index is 12.1. The predicted octanol–water partition coefficient (Wildman–Crippen LogP) is 2.39. The molecule has 17 nitrogen and oxygen atoms in total. The number of nitrogens with two attached hydrogens (primary N) is 1. The molecule has 41 heavy (non-hydrogen) atoms. The largest absolute Gasteiger partial charge is 0.505 e. The fraction of sp³-hybridized carbons (Fsp3) is 0. The first kappa shape index (κ1) is 30.0. The number of anilines is 1. The summed E-state index contributed by atoms with van der Waals surface area (Å²) >= 11 is 0. The molecule has 0 radical (unpaired) electrons. The number of hydrogen-bond acceptors (Lipinski definition) is 13. The van der Waals surface area contributed by atoms with E-state index >= 15 is 0 Å². The molecule has 8 N–H and O–H groups in total. The highest BCUT2D eigenvalue weighted by Crippen LogP contribution is 2.46. The van der Waals surface area contributed by atoms with Gasteiger partial charge in [-0.25, -0.2) is 0 Å². The second kappa shape index (κ2) is 9.56. The summed E-state index contributed by atoms with van der Waals surface area (Å²) in [5.41, 5.74) is 3.49. The highest BCUT2D eigenvalue weighted by molar-refractivity contribution is 7.87. The second-order valence-electron chi connectivity index (χ2n) is 8.24. The third-order valence-electron chi connectivity index (χ3n) is 5.55. The fourth-order valence-electron chi connectivity index (χ4n) is 3.86. The van der Waals surface area contributed by atoms with E-state index < -0.39 is 99.4 Å². The number of benzene rings is 4. The highest BCUT2D eigenvalue weighted by Gasteiger charge is 2.27. The summed E-state index contributed by atoms with van der Waals surface area (Å²) in [5, 5.41) is 26.4. The van der Waals surface area contributed by atoms with Gasteiger partial charge in [-0.2, -0.15) is 33.7 Å². The van der Waals surface area contributed by atoms with Gasteiger partial charge in [0.15, 0.2) is 11.5 Å². The first-order valence-corrected chi connectivity index (χ1v) is 16.1. The van der Waals surface area contributed by atoms with E-state index in [2.05, 4.69) is 10.2 Å². The molecular formula is C20H15N3O14S4. The molecule has 4 rings (SSSR count). The van der Waals surface area contributed by atoms with E-state index in [0.29, 0.717) is 18.2 Å². The monoisotopic (exact) mass is 649 g/mol. The summed E-state index contributed by atoms with van der Waals surface area (Å²) in [6.07, 6.45) is 0. The van der Waals surface area contributed by atoms with Crippen LogP contribution in [-0.2, 0) is 40.5 Å². The summed E-state index contributed by atoms with van der Waals surface area (Å²) in [6.45, 7) is 0. The molecule has 218 valence electrons. The minimum absolute atomic E-state index is 0.243. The number of nitrogen functional groups attached to an aromatic ring is 1. The van der Waals surface area contributed by atoms with Gasteiger partial charge >= 0.3 is 0 Å². The van der Waals surface area contributed by atoms with Crippen molar-refractivity contribution in [1.82, 2.24) is 0 Å². The van der Waals surface area contributed by atoms with Crippen LogP contribution < -0.4 is 5.73 Å². The van der Waals surface area contributed by atoms with Gasteiger partial charge in [0, 0.05) is 21.8 Å². The summed E-state index contributed by atoms with van der Waals surface area (Å²) in [5.74, 6) is -2.38. The number of hydrogen-bond donors (Lipinski definition) is 7.